The molecule has 0 N–H and O–H groups in total. The molecular weight excluding hydrogens is 322 g/mol. The molecular formula is C15H14BrNO3. The minimum Gasteiger partial charge on any atom is -0.477 e. The summed E-state index contributed by atoms with van der Waals surface area (Å²) in [6.07, 6.45) is -0.294. The molecule has 5 heteroatoms. The monoisotopic (exact) mass is 335 g/mol. The highest BCUT2D eigenvalue weighted by atomic mass is 79.9. The second-order valence-electron chi connectivity index (χ2n) is 4.35. The molecule has 0 aliphatic carbocycles. The molecule has 0 saturated carbocycles. The average Bonchev–Trinajstić information content (AvgIpc) is 2.45. The Morgan fingerprint density at radius 1 is 1.10 bits per heavy atom. The number of halogens is 1. The molecule has 0 bridgehead atoms. The standard InChI is InChI=1S/C15H14BrNO3/c1-11(16)15(12-7-3-2-4-8-12)20-14-10-6-5-9-13(14)17(18)19/h2-11,15H,1H3. The largest absolute Gasteiger partial charge is 0.477 e. The number of nitro benzene ring substituents is 1. The van der Waals surface area contributed by atoms with Crippen molar-refractivity contribution in [2.24, 2.45) is 0 Å². The van der Waals surface area contributed by atoms with Crippen molar-refractivity contribution in [3.63, 3.8) is 0 Å². The lowest BCUT2D eigenvalue weighted by molar-refractivity contribution is -0.386. The van der Waals surface area contributed by atoms with Crippen LogP contribution in [0.4, 0.5) is 5.69 Å². The van der Waals surface area contributed by atoms with Crippen molar-refractivity contribution in [2.75, 3.05) is 0 Å². The summed E-state index contributed by atoms with van der Waals surface area (Å²) in [6.45, 7) is 1.95. The van der Waals surface area contributed by atoms with Crippen LogP contribution in [0.15, 0.2) is 54.6 Å². The molecule has 104 valence electrons. The molecule has 0 fully saturated rings. The van der Waals surface area contributed by atoms with E-state index in [0.717, 1.165) is 5.56 Å². The van der Waals surface area contributed by atoms with Crippen LogP contribution >= 0.6 is 15.9 Å². The number of nitro groups is 1. The second-order valence-corrected chi connectivity index (χ2v) is 5.80. The van der Waals surface area contributed by atoms with E-state index in [1.165, 1.54) is 6.07 Å². The SMILES string of the molecule is CC(Br)C(Oc1ccccc1[N+](=O)[O-])c1ccccc1. The number of hydrogen-bond acceptors (Lipinski definition) is 3. The molecule has 0 aliphatic rings. The summed E-state index contributed by atoms with van der Waals surface area (Å²) < 4.78 is 5.87. The quantitative estimate of drug-likeness (QED) is 0.459. The van der Waals surface area contributed by atoms with Gasteiger partial charge in [0.05, 0.1) is 9.75 Å². The van der Waals surface area contributed by atoms with Crippen LogP contribution in [-0.4, -0.2) is 9.75 Å². The Bertz CT molecular complexity index is 587. The molecule has 0 spiro atoms. The Morgan fingerprint density at radius 3 is 2.30 bits per heavy atom. The van der Waals surface area contributed by atoms with Crippen LogP contribution in [0.3, 0.4) is 0 Å². The van der Waals surface area contributed by atoms with E-state index in [4.69, 9.17) is 4.74 Å². The highest BCUT2D eigenvalue weighted by Gasteiger charge is 2.23. The summed E-state index contributed by atoms with van der Waals surface area (Å²) >= 11 is 3.50. The van der Waals surface area contributed by atoms with Gasteiger partial charge in [0, 0.05) is 6.07 Å². The Kier molecular flexibility index (Phi) is 4.74. The van der Waals surface area contributed by atoms with Crippen molar-refractivity contribution < 1.29 is 9.66 Å². The highest BCUT2D eigenvalue weighted by Crippen LogP contribution is 2.33. The molecule has 2 unspecified atom stereocenters. The van der Waals surface area contributed by atoms with Crippen molar-refractivity contribution in [1.29, 1.82) is 0 Å². The van der Waals surface area contributed by atoms with E-state index in [1.807, 2.05) is 37.3 Å². The molecule has 0 aliphatic heterocycles. The van der Waals surface area contributed by atoms with E-state index in [0.29, 0.717) is 0 Å². The third kappa shape index (κ3) is 3.36. The summed E-state index contributed by atoms with van der Waals surface area (Å²) in [5, 5.41) is 11.0. The number of nitrogens with zero attached hydrogens (tertiary/aromatic N) is 1. The molecule has 4 nitrogen and oxygen atoms in total. The lowest BCUT2D eigenvalue weighted by Crippen LogP contribution is -2.16. The molecule has 2 rings (SSSR count). The Morgan fingerprint density at radius 2 is 1.70 bits per heavy atom. The van der Waals surface area contributed by atoms with Crippen molar-refractivity contribution >= 4 is 21.6 Å². The molecule has 0 aromatic heterocycles. The van der Waals surface area contributed by atoms with Gasteiger partial charge in [-0.15, -0.1) is 0 Å². The Labute approximate surface area is 125 Å². The maximum atomic E-state index is 11.0. The molecule has 0 radical (unpaired) electrons. The Hall–Kier alpha value is -1.88. The van der Waals surface area contributed by atoms with E-state index in [2.05, 4.69) is 15.9 Å². The third-order valence-corrected chi connectivity index (χ3v) is 3.34. The number of benzene rings is 2. The summed E-state index contributed by atoms with van der Waals surface area (Å²) in [5.74, 6) is 0.276. The van der Waals surface area contributed by atoms with Crippen molar-refractivity contribution in [3.8, 4) is 5.75 Å². The minimum atomic E-state index is -0.434. The van der Waals surface area contributed by atoms with Gasteiger partial charge in [-0.3, -0.25) is 10.1 Å². The van der Waals surface area contributed by atoms with E-state index < -0.39 is 4.92 Å². The molecule has 2 aromatic carbocycles. The molecule has 0 saturated heterocycles. The zero-order valence-electron chi connectivity index (χ0n) is 10.9. The summed E-state index contributed by atoms with van der Waals surface area (Å²) in [4.78, 5) is 10.6. The van der Waals surface area contributed by atoms with Gasteiger partial charge in [-0.05, 0) is 18.6 Å². The van der Waals surface area contributed by atoms with Crippen molar-refractivity contribution in [2.45, 2.75) is 17.9 Å². The first-order chi connectivity index (χ1) is 9.59. The molecule has 20 heavy (non-hydrogen) atoms. The summed E-state index contributed by atoms with van der Waals surface area (Å²) in [7, 11) is 0. The predicted octanol–water partition coefficient (Wildman–Crippen LogP) is 4.50. The van der Waals surface area contributed by atoms with E-state index in [9.17, 15) is 10.1 Å². The van der Waals surface area contributed by atoms with Gasteiger partial charge in [-0.1, -0.05) is 58.4 Å². The minimum absolute atomic E-state index is 0.0183. The van der Waals surface area contributed by atoms with Gasteiger partial charge in [0.15, 0.2) is 5.75 Å². The molecule has 2 atom stereocenters. The number of alkyl halides is 1. The van der Waals surface area contributed by atoms with Crippen LogP contribution in [-0.2, 0) is 0 Å². The maximum absolute atomic E-state index is 11.0. The van der Waals surface area contributed by atoms with Crippen LogP contribution in [0.2, 0.25) is 0 Å². The van der Waals surface area contributed by atoms with Gasteiger partial charge in [0.2, 0.25) is 0 Å². The van der Waals surface area contributed by atoms with E-state index >= 15 is 0 Å². The van der Waals surface area contributed by atoms with Crippen molar-refractivity contribution in [3.05, 3.63) is 70.3 Å². The summed E-state index contributed by atoms with van der Waals surface area (Å²) in [6, 6.07) is 16.0. The fourth-order valence-corrected chi connectivity index (χ4v) is 2.33. The van der Waals surface area contributed by atoms with Crippen LogP contribution < -0.4 is 4.74 Å². The normalized spacial score (nSPS) is 13.5. The van der Waals surface area contributed by atoms with Gasteiger partial charge >= 0.3 is 5.69 Å². The zero-order valence-corrected chi connectivity index (χ0v) is 12.5. The van der Waals surface area contributed by atoms with Gasteiger partial charge in [-0.2, -0.15) is 0 Å². The topological polar surface area (TPSA) is 52.4 Å². The third-order valence-electron chi connectivity index (χ3n) is 2.86. The van der Waals surface area contributed by atoms with Crippen LogP contribution in [0.25, 0.3) is 0 Å². The molecule has 0 heterocycles. The van der Waals surface area contributed by atoms with Gasteiger partial charge in [-0.25, -0.2) is 0 Å². The van der Waals surface area contributed by atoms with Crippen LogP contribution in [0, 0.1) is 10.1 Å². The number of hydrogen-bond donors (Lipinski definition) is 0. The summed E-state index contributed by atoms with van der Waals surface area (Å²) in [5.41, 5.74) is 0.941. The van der Waals surface area contributed by atoms with Gasteiger partial charge < -0.3 is 4.74 Å². The van der Waals surface area contributed by atoms with E-state index in [1.54, 1.807) is 18.2 Å². The fourth-order valence-electron chi connectivity index (χ4n) is 1.91. The second kappa shape index (κ2) is 6.52. The fraction of sp³-hybridized carbons (Fsp3) is 0.200. The van der Waals surface area contributed by atoms with Crippen LogP contribution in [0.1, 0.15) is 18.6 Å². The first-order valence-electron chi connectivity index (χ1n) is 6.18. The Balaban J connectivity index is 2.33. The maximum Gasteiger partial charge on any atom is 0.310 e. The van der Waals surface area contributed by atoms with Crippen LogP contribution in [0.5, 0.6) is 5.75 Å². The first kappa shape index (κ1) is 14.5. The molecule has 0 amide bonds. The lowest BCUT2D eigenvalue weighted by atomic mass is 10.1. The zero-order chi connectivity index (χ0) is 14.5. The average molecular weight is 336 g/mol. The highest BCUT2D eigenvalue weighted by molar-refractivity contribution is 9.09. The number of rotatable bonds is 5. The van der Waals surface area contributed by atoms with Crippen molar-refractivity contribution in [1.82, 2.24) is 0 Å². The number of ether oxygens (including phenoxy) is 1. The number of para-hydroxylation sites is 2. The van der Waals surface area contributed by atoms with Gasteiger partial charge in [0.1, 0.15) is 6.10 Å². The molecule has 2 aromatic rings. The predicted molar refractivity (Wildman–Crippen MR) is 81.3 cm³/mol. The first-order valence-corrected chi connectivity index (χ1v) is 7.10. The lowest BCUT2D eigenvalue weighted by Gasteiger charge is -2.21. The van der Waals surface area contributed by atoms with Gasteiger partial charge in [0.25, 0.3) is 0 Å². The van der Waals surface area contributed by atoms with E-state index in [-0.39, 0.29) is 22.4 Å². The smallest absolute Gasteiger partial charge is 0.310 e.